The molecule has 0 spiro atoms. The normalized spacial score (nSPS) is 20.1. The summed E-state index contributed by atoms with van der Waals surface area (Å²) in [6.07, 6.45) is 11.8. The van der Waals surface area contributed by atoms with Gasteiger partial charge >= 0.3 is 5.97 Å². The van der Waals surface area contributed by atoms with E-state index in [0.29, 0.717) is 41.9 Å². The van der Waals surface area contributed by atoms with Crippen LogP contribution in [0.2, 0.25) is 0 Å². The summed E-state index contributed by atoms with van der Waals surface area (Å²) in [5.41, 5.74) is 0.322. The van der Waals surface area contributed by atoms with E-state index in [4.69, 9.17) is 14.7 Å². The van der Waals surface area contributed by atoms with E-state index in [1.54, 1.807) is 13.1 Å². The van der Waals surface area contributed by atoms with E-state index in [-0.39, 0.29) is 17.9 Å². The fraction of sp³-hybridized carbons (Fsp3) is 0.519. The van der Waals surface area contributed by atoms with Gasteiger partial charge in [-0.3, -0.25) is 9.59 Å². The molecule has 3 heterocycles. The van der Waals surface area contributed by atoms with Crippen LogP contribution in [0, 0.1) is 5.92 Å². The fourth-order valence-electron chi connectivity index (χ4n) is 4.74. The van der Waals surface area contributed by atoms with Gasteiger partial charge in [-0.2, -0.15) is 0 Å². The Balaban J connectivity index is 1.62. The van der Waals surface area contributed by atoms with Crippen molar-refractivity contribution in [2.45, 2.75) is 58.4 Å². The third-order valence-corrected chi connectivity index (χ3v) is 6.76. The van der Waals surface area contributed by atoms with Gasteiger partial charge in [0.05, 0.1) is 12.3 Å². The van der Waals surface area contributed by atoms with Gasteiger partial charge < -0.3 is 20.3 Å². The standard InChI is InChI=1S/C27H36N6O3/c1-5-36-25(35)27(11-7-6-8-12-27)22-15-21-17-29-26(32-23(21)24(31-22)30-18(2)3)28-16-20-9-13-33(14-10-20)19(4)34/h6-8,11,15,17-18,20H,5,9-10,12-14,16H2,1-4H3,(H,30,31)(H,28,29,32)/t27-/m0/s1. The maximum Gasteiger partial charge on any atom is 0.322 e. The summed E-state index contributed by atoms with van der Waals surface area (Å²) in [6, 6.07) is 2.01. The Morgan fingerprint density at radius 2 is 2.00 bits per heavy atom. The number of hydrogen-bond acceptors (Lipinski definition) is 8. The number of nitrogens with zero attached hydrogens (tertiary/aromatic N) is 4. The maximum atomic E-state index is 13.1. The minimum Gasteiger partial charge on any atom is -0.465 e. The maximum absolute atomic E-state index is 13.1. The van der Waals surface area contributed by atoms with Crippen LogP contribution in [0.15, 0.2) is 36.6 Å². The molecule has 0 radical (unpaired) electrons. The first-order chi connectivity index (χ1) is 17.3. The molecule has 4 rings (SSSR count). The topological polar surface area (TPSA) is 109 Å². The van der Waals surface area contributed by atoms with Crippen molar-refractivity contribution in [1.29, 1.82) is 0 Å². The number of pyridine rings is 1. The largest absolute Gasteiger partial charge is 0.465 e. The molecule has 0 bridgehead atoms. The number of amides is 1. The van der Waals surface area contributed by atoms with Crippen molar-refractivity contribution >= 4 is 34.5 Å². The molecule has 9 nitrogen and oxygen atoms in total. The monoisotopic (exact) mass is 492 g/mol. The van der Waals surface area contributed by atoms with Crippen LogP contribution in [0.3, 0.4) is 0 Å². The van der Waals surface area contributed by atoms with Crippen LogP contribution in [-0.2, 0) is 19.7 Å². The van der Waals surface area contributed by atoms with Crippen molar-refractivity contribution in [1.82, 2.24) is 19.9 Å². The summed E-state index contributed by atoms with van der Waals surface area (Å²) in [4.78, 5) is 40.8. The molecular formula is C27H36N6O3. The molecule has 1 saturated heterocycles. The highest BCUT2D eigenvalue weighted by atomic mass is 16.5. The second-order valence-corrected chi connectivity index (χ2v) is 9.80. The van der Waals surface area contributed by atoms with Crippen LogP contribution in [-0.4, -0.2) is 64.0 Å². The van der Waals surface area contributed by atoms with E-state index in [9.17, 15) is 9.59 Å². The van der Waals surface area contributed by atoms with Gasteiger partial charge in [0, 0.05) is 44.2 Å². The summed E-state index contributed by atoms with van der Waals surface area (Å²) in [5.74, 6) is 1.44. The van der Waals surface area contributed by atoms with Crippen LogP contribution in [0.5, 0.6) is 0 Å². The number of esters is 1. The number of aromatic nitrogens is 3. The highest BCUT2D eigenvalue weighted by Gasteiger charge is 2.41. The second-order valence-electron chi connectivity index (χ2n) is 9.80. The predicted octanol–water partition coefficient (Wildman–Crippen LogP) is 3.83. The molecular weight excluding hydrogens is 456 g/mol. The quantitative estimate of drug-likeness (QED) is 0.535. The van der Waals surface area contributed by atoms with E-state index < -0.39 is 5.41 Å². The molecule has 2 N–H and O–H groups in total. The van der Waals surface area contributed by atoms with Crippen LogP contribution in [0.25, 0.3) is 10.9 Å². The van der Waals surface area contributed by atoms with E-state index in [0.717, 1.165) is 37.9 Å². The molecule has 9 heteroatoms. The van der Waals surface area contributed by atoms with Crippen molar-refractivity contribution in [3.8, 4) is 0 Å². The smallest absolute Gasteiger partial charge is 0.322 e. The summed E-state index contributed by atoms with van der Waals surface area (Å²) in [6.45, 7) is 10.1. The molecule has 1 amide bonds. The lowest BCUT2D eigenvalue weighted by Crippen LogP contribution is -2.38. The molecule has 1 aliphatic heterocycles. The molecule has 1 fully saturated rings. The Bertz CT molecular complexity index is 1170. The lowest BCUT2D eigenvalue weighted by atomic mass is 9.78. The van der Waals surface area contributed by atoms with E-state index in [1.807, 2.05) is 56.0 Å². The van der Waals surface area contributed by atoms with Crippen molar-refractivity contribution in [2.24, 2.45) is 5.92 Å². The van der Waals surface area contributed by atoms with Gasteiger partial charge in [0.1, 0.15) is 10.9 Å². The van der Waals surface area contributed by atoms with Crippen molar-refractivity contribution in [3.63, 3.8) is 0 Å². The van der Waals surface area contributed by atoms with Crippen molar-refractivity contribution < 1.29 is 14.3 Å². The lowest BCUT2D eigenvalue weighted by molar-refractivity contribution is -0.148. The molecule has 2 aliphatic rings. The number of rotatable bonds is 8. The predicted molar refractivity (Wildman–Crippen MR) is 141 cm³/mol. The molecule has 2 aromatic heterocycles. The number of carbonyl (C=O) groups is 2. The number of nitrogens with one attached hydrogen (secondary N) is 2. The van der Waals surface area contributed by atoms with Gasteiger partial charge in [-0.15, -0.1) is 0 Å². The first kappa shape index (κ1) is 25.6. The van der Waals surface area contributed by atoms with Crippen LogP contribution >= 0.6 is 0 Å². The zero-order chi connectivity index (χ0) is 25.7. The van der Waals surface area contributed by atoms with Crippen molar-refractivity contribution in [2.75, 3.05) is 36.9 Å². The Labute approximate surface area is 212 Å². The number of carbonyl (C=O) groups excluding carboxylic acids is 2. The summed E-state index contributed by atoms with van der Waals surface area (Å²) in [7, 11) is 0. The first-order valence-electron chi connectivity index (χ1n) is 12.8. The van der Waals surface area contributed by atoms with Crippen LogP contribution in [0.1, 0.15) is 52.7 Å². The summed E-state index contributed by atoms with van der Waals surface area (Å²) >= 11 is 0. The third-order valence-electron chi connectivity index (χ3n) is 6.76. The molecule has 1 aliphatic carbocycles. The Morgan fingerprint density at radius 3 is 2.64 bits per heavy atom. The number of anilines is 2. The van der Waals surface area contributed by atoms with Gasteiger partial charge in [0.2, 0.25) is 11.9 Å². The second kappa shape index (κ2) is 11.1. The number of hydrogen-bond donors (Lipinski definition) is 2. The number of likely N-dealkylation sites (tertiary alicyclic amines) is 1. The van der Waals surface area contributed by atoms with E-state index >= 15 is 0 Å². The van der Waals surface area contributed by atoms with E-state index in [2.05, 4.69) is 15.6 Å². The average Bonchev–Trinajstić information content (AvgIpc) is 2.88. The molecule has 1 atom stereocenters. The number of piperidine rings is 1. The van der Waals surface area contributed by atoms with Gasteiger partial charge in [-0.1, -0.05) is 24.3 Å². The number of allylic oxidation sites excluding steroid dienone is 3. The average molecular weight is 493 g/mol. The molecule has 36 heavy (non-hydrogen) atoms. The summed E-state index contributed by atoms with van der Waals surface area (Å²) < 4.78 is 5.45. The zero-order valence-corrected chi connectivity index (χ0v) is 21.6. The molecule has 192 valence electrons. The highest BCUT2D eigenvalue weighted by molar-refractivity contribution is 5.92. The number of ether oxygens (including phenoxy) is 1. The summed E-state index contributed by atoms with van der Waals surface area (Å²) in [5, 5.41) is 7.58. The third kappa shape index (κ3) is 5.50. The SMILES string of the molecule is CCOC(=O)[C@@]1(c2cc3cnc(NCC4CCN(C(C)=O)CC4)nc3c(NC(C)C)n2)C=CC=CC1. The Hall–Kier alpha value is -3.49. The minimum absolute atomic E-state index is 0.120. The molecule has 0 unspecified atom stereocenters. The number of fused-ring (bicyclic) bond motifs is 1. The van der Waals surface area contributed by atoms with Crippen LogP contribution in [0.4, 0.5) is 11.8 Å². The molecule has 2 aromatic rings. The van der Waals surface area contributed by atoms with Gasteiger partial charge in [-0.25, -0.2) is 15.0 Å². The first-order valence-corrected chi connectivity index (χ1v) is 12.8. The lowest BCUT2D eigenvalue weighted by Gasteiger charge is -2.31. The molecule has 0 aromatic carbocycles. The van der Waals surface area contributed by atoms with Crippen molar-refractivity contribution in [3.05, 3.63) is 42.3 Å². The zero-order valence-electron chi connectivity index (χ0n) is 21.6. The van der Waals surface area contributed by atoms with Crippen LogP contribution < -0.4 is 10.6 Å². The highest BCUT2D eigenvalue weighted by Crippen LogP contribution is 2.36. The Morgan fingerprint density at radius 1 is 1.22 bits per heavy atom. The van der Waals surface area contributed by atoms with E-state index in [1.165, 1.54) is 0 Å². The minimum atomic E-state index is -0.988. The van der Waals surface area contributed by atoms with Gasteiger partial charge in [-0.05, 0) is 52.0 Å². The Kier molecular flexibility index (Phi) is 7.86. The van der Waals surface area contributed by atoms with Gasteiger partial charge in [0.15, 0.2) is 5.82 Å². The van der Waals surface area contributed by atoms with Gasteiger partial charge in [0.25, 0.3) is 0 Å². The molecule has 0 saturated carbocycles. The fourth-order valence-corrected chi connectivity index (χ4v) is 4.74.